The summed E-state index contributed by atoms with van der Waals surface area (Å²) in [7, 11) is 0. The molecule has 0 bridgehead atoms. The molecule has 160 valence electrons. The van der Waals surface area contributed by atoms with Gasteiger partial charge in [0, 0.05) is 36.2 Å². The van der Waals surface area contributed by atoms with Gasteiger partial charge in [0.2, 0.25) is 0 Å². The molecule has 0 atom stereocenters. The van der Waals surface area contributed by atoms with Crippen molar-refractivity contribution in [2.75, 3.05) is 25.0 Å². The monoisotopic (exact) mass is 436 g/mol. The molecule has 0 spiro atoms. The predicted molar refractivity (Wildman–Crippen MR) is 122 cm³/mol. The topological polar surface area (TPSA) is 84.4 Å². The lowest BCUT2D eigenvalue weighted by atomic mass is 9.95. The zero-order valence-corrected chi connectivity index (χ0v) is 18.4. The number of fused-ring (bicyclic) bond motifs is 2. The predicted octanol–water partition coefficient (Wildman–Crippen LogP) is 3.97. The summed E-state index contributed by atoms with van der Waals surface area (Å²) in [5.74, 6) is -0.715. The molecular formula is C23H24N4O3S. The molecule has 1 amide bonds. The summed E-state index contributed by atoms with van der Waals surface area (Å²) in [5.41, 5.74) is 3.89. The standard InChI is InChI=1S/C23H24N4O3S/c1-4-12-30-22(29)20-14(3)24-23(31-20)26-21(28)19-15-8-6-7-9-17(15)25-18-10-11-27(5-2)13-16(18)19/h4,6-9H,1,5,10-13H2,2-3H3,(H,24,26,28). The van der Waals surface area contributed by atoms with Crippen LogP contribution in [-0.2, 0) is 17.7 Å². The van der Waals surface area contributed by atoms with Crippen molar-refractivity contribution in [3.05, 3.63) is 64.3 Å². The molecule has 31 heavy (non-hydrogen) atoms. The van der Waals surface area contributed by atoms with E-state index in [0.717, 1.165) is 53.0 Å². The van der Waals surface area contributed by atoms with Crippen molar-refractivity contribution in [2.24, 2.45) is 0 Å². The summed E-state index contributed by atoms with van der Waals surface area (Å²) in [5, 5.41) is 4.08. The van der Waals surface area contributed by atoms with Gasteiger partial charge in [-0.3, -0.25) is 20.0 Å². The zero-order chi connectivity index (χ0) is 22.0. The lowest BCUT2D eigenvalue weighted by Gasteiger charge is -2.29. The van der Waals surface area contributed by atoms with Gasteiger partial charge in [-0.1, -0.05) is 49.1 Å². The number of rotatable bonds is 6. The Morgan fingerprint density at radius 3 is 2.90 bits per heavy atom. The van der Waals surface area contributed by atoms with Crippen LogP contribution < -0.4 is 5.32 Å². The van der Waals surface area contributed by atoms with E-state index in [1.807, 2.05) is 24.3 Å². The van der Waals surface area contributed by atoms with Gasteiger partial charge in [-0.05, 0) is 19.5 Å². The maximum Gasteiger partial charge on any atom is 0.350 e. The molecule has 0 saturated carbocycles. The lowest BCUT2D eigenvalue weighted by molar-refractivity contribution is 0.0554. The number of esters is 1. The van der Waals surface area contributed by atoms with Crippen molar-refractivity contribution in [3.8, 4) is 0 Å². The first-order valence-corrected chi connectivity index (χ1v) is 11.0. The van der Waals surface area contributed by atoms with Gasteiger partial charge in [0.15, 0.2) is 5.13 Å². The van der Waals surface area contributed by atoms with Crippen LogP contribution in [0.25, 0.3) is 10.9 Å². The minimum atomic E-state index is -0.472. The van der Waals surface area contributed by atoms with Crippen LogP contribution in [0.15, 0.2) is 36.9 Å². The largest absolute Gasteiger partial charge is 0.457 e. The summed E-state index contributed by atoms with van der Waals surface area (Å²) in [6, 6.07) is 7.69. The zero-order valence-electron chi connectivity index (χ0n) is 17.6. The third-order valence-electron chi connectivity index (χ3n) is 5.33. The van der Waals surface area contributed by atoms with E-state index in [-0.39, 0.29) is 12.5 Å². The molecule has 1 aliphatic heterocycles. The summed E-state index contributed by atoms with van der Waals surface area (Å²) in [6.45, 7) is 10.0. The Labute approximate surface area is 184 Å². The minimum Gasteiger partial charge on any atom is -0.457 e. The van der Waals surface area contributed by atoms with Gasteiger partial charge >= 0.3 is 5.97 Å². The van der Waals surface area contributed by atoms with Crippen LogP contribution in [0.2, 0.25) is 0 Å². The van der Waals surface area contributed by atoms with E-state index in [2.05, 4.69) is 28.7 Å². The molecule has 3 heterocycles. The molecule has 1 aliphatic rings. The smallest absolute Gasteiger partial charge is 0.350 e. The van der Waals surface area contributed by atoms with Crippen molar-refractivity contribution in [1.29, 1.82) is 0 Å². The van der Waals surface area contributed by atoms with Gasteiger partial charge < -0.3 is 4.74 Å². The van der Waals surface area contributed by atoms with Gasteiger partial charge in [0.25, 0.3) is 5.91 Å². The van der Waals surface area contributed by atoms with Crippen LogP contribution in [0.4, 0.5) is 5.13 Å². The van der Waals surface area contributed by atoms with Crippen LogP contribution in [0.1, 0.15) is 43.9 Å². The number of carbonyl (C=O) groups is 2. The number of anilines is 1. The average molecular weight is 437 g/mol. The van der Waals surface area contributed by atoms with Crippen LogP contribution >= 0.6 is 11.3 Å². The highest BCUT2D eigenvalue weighted by atomic mass is 32.1. The van der Waals surface area contributed by atoms with Crippen molar-refractivity contribution in [2.45, 2.75) is 26.8 Å². The number of nitrogens with one attached hydrogen (secondary N) is 1. The van der Waals surface area contributed by atoms with Crippen LogP contribution in [0.5, 0.6) is 0 Å². The maximum absolute atomic E-state index is 13.4. The van der Waals surface area contributed by atoms with E-state index in [4.69, 9.17) is 9.72 Å². The quantitative estimate of drug-likeness (QED) is 0.465. The van der Waals surface area contributed by atoms with E-state index in [0.29, 0.717) is 27.8 Å². The minimum absolute atomic E-state index is 0.126. The third kappa shape index (κ3) is 4.22. The summed E-state index contributed by atoms with van der Waals surface area (Å²) in [6.07, 6.45) is 2.32. The van der Waals surface area contributed by atoms with Crippen molar-refractivity contribution in [3.63, 3.8) is 0 Å². The SMILES string of the molecule is C=CCOC(=O)c1sc(NC(=O)c2c3c(nc4ccccc24)CCN(CC)C3)nc1C. The molecule has 0 fully saturated rings. The van der Waals surface area contributed by atoms with Crippen LogP contribution in [0, 0.1) is 6.92 Å². The van der Waals surface area contributed by atoms with Crippen molar-refractivity contribution >= 4 is 39.2 Å². The Morgan fingerprint density at radius 2 is 2.13 bits per heavy atom. The molecule has 8 heteroatoms. The van der Waals surface area contributed by atoms with Gasteiger partial charge in [0.1, 0.15) is 11.5 Å². The number of nitrogens with zero attached hydrogens (tertiary/aromatic N) is 3. The van der Waals surface area contributed by atoms with Gasteiger partial charge in [0.05, 0.1) is 16.8 Å². The fraction of sp³-hybridized carbons (Fsp3) is 0.304. The van der Waals surface area contributed by atoms with E-state index < -0.39 is 5.97 Å². The Hall–Kier alpha value is -3.10. The first kappa shape index (κ1) is 21.1. The molecule has 1 N–H and O–H groups in total. The van der Waals surface area contributed by atoms with E-state index in [9.17, 15) is 9.59 Å². The Morgan fingerprint density at radius 1 is 1.32 bits per heavy atom. The van der Waals surface area contributed by atoms with E-state index >= 15 is 0 Å². The second kappa shape index (κ2) is 8.95. The highest BCUT2D eigenvalue weighted by Gasteiger charge is 2.26. The highest BCUT2D eigenvalue weighted by molar-refractivity contribution is 7.17. The highest BCUT2D eigenvalue weighted by Crippen LogP contribution is 2.30. The molecular weight excluding hydrogens is 412 g/mol. The number of aryl methyl sites for hydroxylation is 1. The molecule has 0 aliphatic carbocycles. The average Bonchev–Trinajstić information content (AvgIpc) is 3.15. The van der Waals surface area contributed by atoms with Crippen molar-refractivity contribution < 1.29 is 14.3 Å². The number of benzene rings is 1. The van der Waals surface area contributed by atoms with E-state index in [1.54, 1.807) is 6.92 Å². The van der Waals surface area contributed by atoms with Crippen molar-refractivity contribution in [1.82, 2.24) is 14.9 Å². The molecule has 1 aromatic carbocycles. The van der Waals surface area contributed by atoms with Gasteiger partial charge in [-0.15, -0.1) is 0 Å². The maximum atomic E-state index is 13.4. The summed E-state index contributed by atoms with van der Waals surface area (Å²) >= 11 is 1.11. The number of ether oxygens (including phenoxy) is 1. The van der Waals surface area contributed by atoms with E-state index in [1.165, 1.54) is 6.08 Å². The second-order valence-electron chi connectivity index (χ2n) is 7.32. The second-order valence-corrected chi connectivity index (χ2v) is 8.32. The summed E-state index contributed by atoms with van der Waals surface area (Å²) in [4.78, 5) is 37.5. The number of amides is 1. The Bertz CT molecular complexity index is 1170. The molecule has 7 nitrogen and oxygen atoms in total. The number of carbonyl (C=O) groups excluding carboxylic acids is 2. The number of hydrogen-bond acceptors (Lipinski definition) is 7. The fourth-order valence-electron chi connectivity index (χ4n) is 3.77. The van der Waals surface area contributed by atoms with Gasteiger partial charge in [-0.2, -0.15) is 0 Å². The molecule has 4 rings (SSSR count). The number of hydrogen-bond donors (Lipinski definition) is 1. The summed E-state index contributed by atoms with van der Waals surface area (Å²) < 4.78 is 5.10. The number of aromatic nitrogens is 2. The normalized spacial score (nSPS) is 13.6. The lowest BCUT2D eigenvalue weighted by Crippen LogP contribution is -2.33. The molecule has 3 aromatic rings. The number of pyridine rings is 1. The van der Waals surface area contributed by atoms with Crippen LogP contribution in [0.3, 0.4) is 0 Å². The Balaban J connectivity index is 1.70. The Kier molecular flexibility index (Phi) is 6.11. The number of likely N-dealkylation sites (N-methyl/N-ethyl adjacent to an activating group) is 1. The fourth-order valence-corrected chi connectivity index (χ4v) is 4.63. The molecule has 0 radical (unpaired) electrons. The third-order valence-corrected chi connectivity index (χ3v) is 6.39. The molecule has 0 saturated heterocycles. The molecule has 2 aromatic heterocycles. The number of para-hydroxylation sites is 1. The first-order chi connectivity index (χ1) is 15.0. The number of thiazole rings is 1. The molecule has 0 unspecified atom stereocenters. The van der Waals surface area contributed by atoms with Gasteiger partial charge in [-0.25, -0.2) is 9.78 Å². The van der Waals surface area contributed by atoms with Crippen LogP contribution in [-0.4, -0.2) is 46.4 Å². The first-order valence-electron chi connectivity index (χ1n) is 10.2.